The van der Waals surface area contributed by atoms with Gasteiger partial charge >= 0.3 is 0 Å². The number of carbonyl (C=O) groups is 2. The maximum Gasteiger partial charge on any atom is 0.240 e. The molecule has 2 aliphatic heterocycles. The van der Waals surface area contributed by atoms with Crippen LogP contribution in [0.3, 0.4) is 0 Å². The summed E-state index contributed by atoms with van der Waals surface area (Å²) in [5.74, 6) is 1.08. The van der Waals surface area contributed by atoms with Crippen molar-refractivity contribution in [2.75, 3.05) is 19.7 Å². The second-order valence-corrected chi connectivity index (χ2v) is 7.31. The van der Waals surface area contributed by atoms with Gasteiger partial charge in [0.1, 0.15) is 5.75 Å². The Morgan fingerprint density at radius 1 is 1.36 bits per heavy atom. The molecule has 1 aliphatic carbocycles. The van der Waals surface area contributed by atoms with Crippen molar-refractivity contribution in [2.24, 2.45) is 5.92 Å². The summed E-state index contributed by atoms with van der Waals surface area (Å²) in [6.45, 7) is 1.49. The van der Waals surface area contributed by atoms with E-state index in [0.29, 0.717) is 32.4 Å². The molecule has 25 heavy (non-hydrogen) atoms. The molecule has 3 aliphatic rings. The number of benzene rings is 1. The Hall–Kier alpha value is -2.08. The van der Waals surface area contributed by atoms with Gasteiger partial charge in [-0.25, -0.2) is 0 Å². The van der Waals surface area contributed by atoms with Crippen LogP contribution in [0.4, 0.5) is 0 Å². The number of amides is 2. The molecule has 2 N–H and O–H groups in total. The first-order chi connectivity index (χ1) is 12.1. The van der Waals surface area contributed by atoms with Crippen LogP contribution in [0.5, 0.6) is 5.75 Å². The smallest absolute Gasteiger partial charge is 0.240 e. The number of aliphatic hydroxyl groups excluding tert-OH is 1. The first kappa shape index (κ1) is 16.4. The zero-order valence-electron chi connectivity index (χ0n) is 14.2. The molecule has 134 valence electrons. The van der Waals surface area contributed by atoms with E-state index in [1.54, 1.807) is 4.90 Å². The van der Waals surface area contributed by atoms with Gasteiger partial charge in [0.05, 0.1) is 25.3 Å². The number of fused-ring (bicyclic) bond motifs is 1. The van der Waals surface area contributed by atoms with Crippen molar-refractivity contribution in [3.8, 4) is 5.75 Å². The van der Waals surface area contributed by atoms with E-state index in [1.165, 1.54) is 5.56 Å². The number of hydrogen-bond donors (Lipinski definition) is 2. The van der Waals surface area contributed by atoms with Gasteiger partial charge in [0.25, 0.3) is 0 Å². The van der Waals surface area contributed by atoms with E-state index in [9.17, 15) is 14.7 Å². The van der Waals surface area contributed by atoms with E-state index in [2.05, 4.69) is 11.4 Å². The molecule has 1 saturated heterocycles. The number of rotatable bonds is 5. The topological polar surface area (TPSA) is 78.9 Å². The van der Waals surface area contributed by atoms with Crippen LogP contribution in [0.15, 0.2) is 18.2 Å². The molecule has 2 fully saturated rings. The lowest BCUT2D eigenvalue weighted by Gasteiger charge is -2.38. The largest absolute Gasteiger partial charge is 0.493 e. The molecule has 2 heterocycles. The van der Waals surface area contributed by atoms with E-state index in [-0.39, 0.29) is 36.4 Å². The van der Waals surface area contributed by atoms with Gasteiger partial charge in [0, 0.05) is 19.4 Å². The fourth-order valence-electron chi connectivity index (χ4n) is 4.04. The van der Waals surface area contributed by atoms with Crippen molar-refractivity contribution in [2.45, 2.75) is 44.2 Å². The molecule has 0 unspecified atom stereocenters. The monoisotopic (exact) mass is 344 g/mol. The van der Waals surface area contributed by atoms with Gasteiger partial charge in [-0.2, -0.15) is 0 Å². The van der Waals surface area contributed by atoms with Gasteiger partial charge in [-0.1, -0.05) is 6.07 Å². The molecular weight excluding hydrogens is 320 g/mol. The third kappa shape index (κ3) is 3.35. The second kappa shape index (κ2) is 6.67. The molecule has 0 spiro atoms. The molecule has 1 aromatic carbocycles. The highest BCUT2D eigenvalue weighted by atomic mass is 16.5. The van der Waals surface area contributed by atoms with Gasteiger partial charge < -0.3 is 20.1 Å². The Labute approximate surface area is 147 Å². The van der Waals surface area contributed by atoms with Crippen LogP contribution in [0.25, 0.3) is 0 Å². The highest BCUT2D eigenvalue weighted by Crippen LogP contribution is 2.39. The third-order valence-electron chi connectivity index (χ3n) is 5.52. The number of nitrogens with one attached hydrogen (secondary N) is 1. The van der Waals surface area contributed by atoms with Gasteiger partial charge in [-0.05, 0) is 48.4 Å². The lowest BCUT2D eigenvalue weighted by molar-refractivity contribution is -0.133. The Kier molecular flexibility index (Phi) is 4.37. The number of likely N-dealkylation sites (tertiary alicyclic amines) is 1. The molecule has 6 heteroatoms. The first-order valence-corrected chi connectivity index (χ1v) is 9.11. The molecule has 1 aromatic rings. The zero-order valence-corrected chi connectivity index (χ0v) is 14.2. The standard InChI is InChI=1S/C19H24N2O4/c22-15-9-14(10-15)19(13-3-4-16-12(8-13)5-7-25-16)20-17(23)11-21-6-1-2-18(21)24/h3-4,8,14-15,19,22H,1-2,5-7,9-11H2,(H,20,23)/t14?,15?,19-/m0/s1. The minimum atomic E-state index is -0.276. The average molecular weight is 344 g/mol. The van der Waals surface area contributed by atoms with Crippen molar-refractivity contribution in [3.63, 3.8) is 0 Å². The summed E-state index contributed by atoms with van der Waals surface area (Å²) in [5, 5.41) is 12.8. The summed E-state index contributed by atoms with van der Waals surface area (Å²) in [6.07, 6.45) is 3.37. The summed E-state index contributed by atoms with van der Waals surface area (Å²) in [7, 11) is 0. The minimum absolute atomic E-state index is 0.0560. The Morgan fingerprint density at radius 2 is 2.20 bits per heavy atom. The van der Waals surface area contributed by atoms with Crippen LogP contribution in [0, 0.1) is 5.92 Å². The molecule has 1 atom stereocenters. The summed E-state index contributed by atoms with van der Waals surface area (Å²) >= 11 is 0. The van der Waals surface area contributed by atoms with E-state index >= 15 is 0 Å². The molecule has 6 nitrogen and oxygen atoms in total. The zero-order chi connectivity index (χ0) is 17.4. The van der Waals surface area contributed by atoms with Crippen molar-refractivity contribution < 1.29 is 19.4 Å². The molecule has 2 amide bonds. The van der Waals surface area contributed by atoms with Crippen LogP contribution in [0.1, 0.15) is 42.9 Å². The fraction of sp³-hybridized carbons (Fsp3) is 0.579. The summed E-state index contributed by atoms with van der Waals surface area (Å²) in [6, 6.07) is 5.95. The Morgan fingerprint density at radius 3 is 2.92 bits per heavy atom. The molecule has 4 rings (SSSR count). The van der Waals surface area contributed by atoms with Gasteiger partial charge in [-0.3, -0.25) is 9.59 Å². The van der Waals surface area contributed by atoms with Gasteiger partial charge in [-0.15, -0.1) is 0 Å². The number of carbonyl (C=O) groups excluding carboxylic acids is 2. The number of hydrogen-bond acceptors (Lipinski definition) is 4. The molecule has 0 bridgehead atoms. The van der Waals surface area contributed by atoms with E-state index < -0.39 is 0 Å². The van der Waals surface area contributed by atoms with Crippen LogP contribution in [-0.4, -0.2) is 47.6 Å². The highest BCUT2D eigenvalue weighted by Gasteiger charge is 2.36. The van der Waals surface area contributed by atoms with E-state index in [1.807, 2.05) is 12.1 Å². The van der Waals surface area contributed by atoms with Gasteiger partial charge in [0.15, 0.2) is 0 Å². The fourth-order valence-corrected chi connectivity index (χ4v) is 4.04. The molecule has 1 saturated carbocycles. The lowest BCUT2D eigenvalue weighted by atomic mass is 9.75. The molecule has 0 radical (unpaired) electrons. The first-order valence-electron chi connectivity index (χ1n) is 9.11. The quantitative estimate of drug-likeness (QED) is 0.840. The Bertz CT molecular complexity index is 684. The van der Waals surface area contributed by atoms with Gasteiger partial charge in [0.2, 0.25) is 11.8 Å². The van der Waals surface area contributed by atoms with Crippen LogP contribution < -0.4 is 10.1 Å². The van der Waals surface area contributed by atoms with Crippen molar-refractivity contribution in [3.05, 3.63) is 29.3 Å². The maximum atomic E-state index is 12.5. The van der Waals surface area contributed by atoms with Crippen molar-refractivity contribution >= 4 is 11.8 Å². The van der Waals surface area contributed by atoms with Crippen molar-refractivity contribution in [1.29, 1.82) is 0 Å². The normalized spacial score (nSPS) is 26.0. The maximum absolute atomic E-state index is 12.5. The minimum Gasteiger partial charge on any atom is -0.493 e. The van der Waals surface area contributed by atoms with E-state index in [4.69, 9.17) is 4.74 Å². The second-order valence-electron chi connectivity index (χ2n) is 7.31. The highest BCUT2D eigenvalue weighted by molar-refractivity contribution is 5.86. The number of nitrogens with zero attached hydrogens (tertiary/aromatic N) is 1. The van der Waals surface area contributed by atoms with Crippen molar-refractivity contribution in [1.82, 2.24) is 10.2 Å². The lowest BCUT2D eigenvalue weighted by Crippen LogP contribution is -2.45. The molecular formula is C19H24N2O4. The Balaban J connectivity index is 1.48. The number of aliphatic hydroxyl groups is 1. The molecule has 0 aromatic heterocycles. The van der Waals surface area contributed by atoms with Crippen LogP contribution in [0.2, 0.25) is 0 Å². The van der Waals surface area contributed by atoms with E-state index in [0.717, 1.165) is 24.2 Å². The SMILES string of the molecule is O=C(CN1CCCC1=O)N[C@@H](c1ccc2c(c1)CCO2)C1CC(O)C1. The number of ether oxygens (including phenoxy) is 1. The van der Waals surface area contributed by atoms with Crippen LogP contribution >= 0.6 is 0 Å². The third-order valence-corrected chi connectivity index (χ3v) is 5.52. The predicted octanol–water partition coefficient (Wildman–Crippen LogP) is 1.17. The summed E-state index contributed by atoms with van der Waals surface area (Å²) < 4.78 is 5.56. The summed E-state index contributed by atoms with van der Waals surface area (Å²) in [4.78, 5) is 25.9. The summed E-state index contributed by atoms with van der Waals surface area (Å²) in [5.41, 5.74) is 2.23. The average Bonchev–Trinajstić information content (AvgIpc) is 3.18. The van der Waals surface area contributed by atoms with Crippen LogP contribution in [-0.2, 0) is 16.0 Å². The predicted molar refractivity (Wildman–Crippen MR) is 91.1 cm³/mol.